The average molecular weight is 379 g/mol. The van der Waals surface area contributed by atoms with Crippen LogP contribution in [0.15, 0.2) is 30.5 Å². The van der Waals surface area contributed by atoms with Gasteiger partial charge in [0, 0.05) is 18.9 Å². The Bertz CT molecular complexity index is 760. The minimum atomic E-state index is -4.95. The molecule has 0 aliphatic heterocycles. The molecular weight excluding hydrogens is 364 g/mol. The van der Waals surface area contributed by atoms with Crippen LogP contribution in [0.1, 0.15) is 18.1 Å². The van der Waals surface area contributed by atoms with Crippen LogP contribution in [0.4, 0.5) is 38.0 Å². The number of ether oxygens (including phenoxy) is 1. The van der Waals surface area contributed by atoms with E-state index in [9.17, 15) is 26.3 Å². The quantitative estimate of drug-likeness (QED) is 0.702. The first-order valence-electron chi connectivity index (χ1n) is 7.48. The van der Waals surface area contributed by atoms with Crippen LogP contribution >= 0.6 is 0 Å². The predicted octanol–water partition coefficient (Wildman–Crippen LogP) is 4.77. The van der Waals surface area contributed by atoms with Gasteiger partial charge in [-0.15, -0.1) is 0 Å². The number of anilines is 2. The molecule has 0 radical (unpaired) electrons. The summed E-state index contributed by atoms with van der Waals surface area (Å²) in [5.74, 6) is -1.38. The van der Waals surface area contributed by atoms with Gasteiger partial charge in [-0.1, -0.05) is 25.1 Å². The fourth-order valence-electron chi connectivity index (χ4n) is 2.22. The van der Waals surface area contributed by atoms with Crippen molar-refractivity contribution in [3.05, 3.63) is 41.6 Å². The Balaban J connectivity index is 2.44. The van der Waals surface area contributed by atoms with Gasteiger partial charge in [-0.2, -0.15) is 31.3 Å². The van der Waals surface area contributed by atoms with Crippen molar-refractivity contribution >= 4 is 11.6 Å². The molecule has 142 valence electrons. The van der Waals surface area contributed by atoms with Crippen molar-refractivity contribution in [2.75, 3.05) is 18.6 Å². The normalized spacial score (nSPS) is 12.2. The van der Waals surface area contributed by atoms with Crippen molar-refractivity contribution in [3.8, 4) is 5.88 Å². The molecule has 0 saturated carbocycles. The molecule has 0 fully saturated rings. The van der Waals surface area contributed by atoms with Crippen LogP contribution in [0.5, 0.6) is 5.88 Å². The highest BCUT2D eigenvalue weighted by atomic mass is 19.4. The topological polar surface area (TPSA) is 38.2 Å². The molecule has 1 aromatic carbocycles. The smallest absolute Gasteiger partial charge is 0.423 e. The highest BCUT2D eigenvalue weighted by Gasteiger charge is 2.38. The molecule has 26 heavy (non-hydrogen) atoms. The Hall–Kier alpha value is -2.52. The second-order valence-electron chi connectivity index (χ2n) is 5.33. The van der Waals surface area contributed by atoms with Crippen LogP contribution in [0.25, 0.3) is 0 Å². The molecule has 0 bridgehead atoms. The second-order valence-corrected chi connectivity index (χ2v) is 5.33. The Kier molecular flexibility index (Phi) is 5.62. The highest BCUT2D eigenvalue weighted by Crippen LogP contribution is 2.37. The molecule has 0 atom stereocenters. The maximum Gasteiger partial charge on any atom is 0.423 e. The van der Waals surface area contributed by atoms with Crippen molar-refractivity contribution in [2.24, 2.45) is 0 Å². The molecule has 0 N–H and O–H groups in total. The number of hydrogen-bond donors (Lipinski definition) is 0. The van der Waals surface area contributed by atoms with Gasteiger partial charge in [0.25, 0.3) is 0 Å². The van der Waals surface area contributed by atoms with E-state index in [2.05, 4.69) is 14.7 Å². The number of hydrogen-bond acceptors (Lipinski definition) is 4. The van der Waals surface area contributed by atoms with Crippen LogP contribution in [0.3, 0.4) is 0 Å². The summed E-state index contributed by atoms with van der Waals surface area (Å²) in [6.45, 7) is -0.0000522. The van der Waals surface area contributed by atoms with E-state index in [1.165, 1.54) is 11.9 Å². The fourth-order valence-corrected chi connectivity index (χ4v) is 2.22. The SMILES string of the molecule is CCc1ccccc1N(C)c1ncc(C(F)(F)F)c(OCC(F)(F)F)n1. The number of aromatic nitrogens is 2. The van der Waals surface area contributed by atoms with Crippen LogP contribution < -0.4 is 9.64 Å². The maximum atomic E-state index is 13.0. The third-order valence-electron chi connectivity index (χ3n) is 3.45. The molecule has 0 saturated heterocycles. The fraction of sp³-hybridized carbons (Fsp3) is 0.375. The minimum Gasteiger partial charge on any atom is -0.467 e. The number of nitrogens with zero attached hydrogens (tertiary/aromatic N) is 3. The van der Waals surface area contributed by atoms with Crippen LogP contribution in [0, 0.1) is 0 Å². The van der Waals surface area contributed by atoms with E-state index in [0.29, 0.717) is 18.3 Å². The molecule has 0 aliphatic carbocycles. The molecule has 2 rings (SSSR count). The molecule has 0 aliphatic rings. The lowest BCUT2D eigenvalue weighted by atomic mass is 10.1. The van der Waals surface area contributed by atoms with Crippen LogP contribution in [-0.4, -0.2) is 29.8 Å². The van der Waals surface area contributed by atoms with Crippen molar-refractivity contribution in [3.63, 3.8) is 0 Å². The summed E-state index contributed by atoms with van der Waals surface area (Å²) in [6.07, 6.45) is -8.69. The zero-order chi connectivity index (χ0) is 19.5. The van der Waals surface area contributed by atoms with Crippen molar-refractivity contribution in [1.29, 1.82) is 0 Å². The second kappa shape index (κ2) is 7.38. The number of rotatable bonds is 5. The summed E-state index contributed by atoms with van der Waals surface area (Å²) in [5.41, 5.74) is 0.0236. The van der Waals surface area contributed by atoms with E-state index in [0.717, 1.165) is 5.56 Å². The number of para-hydroxylation sites is 1. The summed E-state index contributed by atoms with van der Waals surface area (Å²) in [6, 6.07) is 7.03. The zero-order valence-corrected chi connectivity index (χ0v) is 13.8. The summed E-state index contributed by atoms with van der Waals surface area (Å²) < 4.78 is 80.2. The molecular formula is C16H15F6N3O. The van der Waals surface area contributed by atoms with Gasteiger partial charge >= 0.3 is 12.4 Å². The van der Waals surface area contributed by atoms with Gasteiger partial charge in [0.05, 0.1) is 0 Å². The van der Waals surface area contributed by atoms with Gasteiger partial charge in [0.1, 0.15) is 5.56 Å². The summed E-state index contributed by atoms with van der Waals surface area (Å²) >= 11 is 0. The van der Waals surface area contributed by atoms with Gasteiger partial charge in [-0.05, 0) is 18.1 Å². The molecule has 1 aromatic heterocycles. The first-order valence-corrected chi connectivity index (χ1v) is 7.48. The predicted molar refractivity (Wildman–Crippen MR) is 82.5 cm³/mol. The van der Waals surface area contributed by atoms with Gasteiger partial charge < -0.3 is 9.64 Å². The van der Waals surface area contributed by atoms with E-state index < -0.39 is 30.4 Å². The number of alkyl halides is 6. The molecule has 1 heterocycles. The highest BCUT2D eigenvalue weighted by molar-refractivity contribution is 5.61. The van der Waals surface area contributed by atoms with Gasteiger partial charge in [-0.3, -0.25) is 0 Å². The van der Waals surface area contributed by atoms with E-state index in [-0.39, 0.29) is 5.95 Å². The van der Waals surface area contributed by atoms with E-state index >= 15 is 0 Å². The van der Waals surface area contributed by atoms with E-state index in [1.54, 1.807) is 18.2 Å². The standard InChI is InChI=1S/C16H15F6N3O/c1-3-10-6-4-5-7-12(10)25(2)14-23-8-11(16(20,21)22)13(24-14)26-9-15(17,18)19/h4-8H,3,9H2,1-2H3. The Labute approximate surface area is 145 Å². The zero-order valence-electron chi connectivity index (χ0n) is 13.8. The summed E-state index contributed by atoms with van der Waals surface area (Å²) in [5, 5.41) is 0. The van der Waals surface area contributed by atoms with Crippen LogP contribution in [0.2, 0.25) is 0 Å². The Morgan fingerprint density at radius 2 is 1.73 bits per heavy atom. The maximum absolute atomic E-state index is 13.0. The molecule has 10 heteroatoms. The first-order chi connectivity index (χ1) is 12.0. The molecule has 4 nitrogen and oxygen atoms in total. The van der Waals surface area contributed by atoms with Gasteiger partial charge in [0.2, 0.25) is 11.8 Å². The third kappa shape index (κ3) is 4.77. The number of benzene rings is 1. The molecule has 2 aromatic rings. The van der Waals surface area contributed by atoms with Gasteiger partial charge in [-0.25, -0.2) is 4.98 Å². The molecule has 0 spiro atoms. The molecule has 0 amide bonds. The summed E-state index contributed by atoms with van der Waals surface area (Å²) in [7, 11) is 1.50. The first kappa shape index (κ1) is 19.8. The molecule has 0 unspecified atom stereocenters. The Morgan fingerprint density at radius 1 is 1.08 bits per heavy atom. The largest absolute Gasteiger partial charge is 0.467 e. The summed E-state index contributed by atoms with van der Waals surface area (Å²) in [4.78, 5) is 8.59. The lowest BCUT2D eigenvalue weighted by Gasteiger charge is -2.22. The Morgan fingerprint density at radius 3 is 2.31 bits per heavy atom. The number of aryl methyl sites for hydroxylation is 1. The lowest BCUT2D eigenvalue weighted by Crippen LogP contribution is -2.23. The monoisotopic (exact) mass is 379 g/mol. The van der Waals surface area contributed by atoms with Crippen LogP contribution in [-0.2, 0) is 12.6 Å². The van der Waals surface area contributed by atoms with Gasteiger partial charge in [0.15, 0.2) is 6.61 Å². The van der Waals surface area contributed by atoms with Crippen molar-refractivity contribution in [2.45, 2.75) is 25.7 Å². The minimum absolute atomic E-state index is 0.212. The van der Waals surface area contributed by atoms with Crippen molar-refractivity contribution < 1.29 is 31.1 Å². The average Bonchev–Trinajstić information content (AvgIpc) is 2.57. The van der Waals surface area contributed by atoms with E-state index in [1.807, 2.05) is 13.0 Å². The number of halogens is 6. The third-order valence-corrected chi connectivity index (χ3v) is 3.45. The van der Waals surface area contributed by atoms with Crippen molar-refractivity contribution in [1.82, 2.24) is 9.97 Å². The lowest BCUT2D eigenvalue weighted by molar-refractivity contribution is -0.159. The van der Waals surface area contributed by atoms with E-state index in [4.69, 9.17) is 0 Å².